The molecule has 0 saturated carbocycles. The molecule has 0 aromatic rings. The number of unbranched alkanes of at least 4 members (excludes halogenated alkanes) is 3. The first-order valence-corrected chi connectivity index (χ1v) is 6.37. The summed E-state index contributed by atoms with van der Waals surface area (Å²) >= 11 is 1.15. The predicted octanol–water partition coefficient (Wildman–Crippen LogP) is 3.10. The van der Waals surface area contributed by atoms with Gasteiger partial charge < -0.3 is 4.74 Å². The number of thioether (sulfide) groups is 1. The number of nitrogens with zero attached hydrogens (tertiary/aromatic N) is 1. The van der Waals surface area contributed by atoms with Crippen molar-refractivity contribution in [3.8, 4) is 5.40 Å². The maximum Gasteiger partial charge on any atom is 0.302 e. The SMILES string of the molecule is CCCCCCC(CSC#N)OC(C)=O. The van der Waals surface area contributed by atoms with Gasteiger partial charge in [0.05, 0.1) is 0 Å². The first-order valence-electron chi connectivity index (χ1n) is 5.38. The van der Waals surface area contributed by atoms with Crippen molar-refractivity contribution in [2.45, 2.75) is 52.1 Å². The first-order chi connectivity index (χ1) is 7.20. The van der Waals surface area contributed by atoms with Crippen LogP contribution < -0.4 is 0 Å². The molecule has 0 aliphatic rings. The summed E-state index contributed by atoms with van der Waals surface area (Å²) in [6, 6.07) is 0. The Hall–Kier alpha value is -0.690. The zero-order valence-corrected chi connectivity index (χ0v) is 10.3. The normalized spacial score (nSPS) is 11.8. The molecule has 15 heavy (non-hydrogen) atoms. The van der Waals surface area contributed by atoms with E-state index in [1.807, 2.05) is 5.40 Å². The van der Waals surface area contributed by atoms with Crippen LogP contribution in [0.1, 0.15) is 46.0 Å². The molecule has 0 N–H and O–H groups in total. The van der Waals surface area contributed by atoms with Crippen LogP contribution in [-0.4, -0.2) is 17.8 Å². The number of ether oxygens (including phenoxy) is 1. The average molecular weight is 229 g/mol. The van der Waals surface area contributed by atoms with E-state index < -0.39 is 0 Å². The van der Waals surface area contributed by atoms with Crippen LogP contribution in [0.5, 0.6) is 0 Å². The molecule has 0 aromatic heterocycles. The van der Waals surface area contributed by atoms with Crippen molar-refractivity contribution < 1.29 is 9.53 Å². The second-order valence-electron chi connectivity index (χ2n) is 3.48. The number of hydrogen-bond donors (Lipinski definition) is 0. The van der Waals surface area contributed by atoms with Crippen molar-refractivity contribution >= 4 is 17.7 Å². The molecule has 0 amide bonds. The lowest BCUT2D eigenvalue weighted by molar-refractivity contribution is -0.145. The minimum atomic E-state index is -0.256. The highest BCUT2D eigenvalue weighted by Crippen LogP contribution is 2.13. The van der Waals surface area contributed by atoms with E-state index in [1.165, 1.54) is 26.2 Å². The highest BCUT2D eigenvalue weighted by Gasteiger charge is 2.11. The molecule has 0 rings (SSSR count). The van der Waals surface area contributed by atoms with E-state index in [9.17, 15) is 4.79 Å². The van der Waals surface area contributed by atoms with Crippen molar-refractivity contribution in [1.82, 2.24) is 0 Å². The van der Waals surface area contributed by atoms with E-state index in [4.69, 9.17) is 10.00 Å². The van der Waals surface area contributed by atoms with Crippen LogP contribution in [0.25, 0.3) is 0 Å². The van der Waals surface area contributed by atoms with E-state index in [0.717, 1.165) is 24.6 Å². The number of hydrogen-bond acceptors (Lipinski definition) is 4. The fourth-order valence-corrected chi connectivity index (χ4v) is 1.84. The Morgan fingerprint density at radius 1 is 1.47 bits per heavy atom. The molecule has 0 bridgehead atoms. The lowest BCUT2D eigenvalue weighted by Gasteiger charge is -2.14. The number of thiocyanates is 1. The van der Waals surface area contributed by atoms with Crippen LogP contribution in [-0.2, 0) is 9.53 Å². The van der Waals surface area contributed by atoms with E-state index in [-0.39, 0.29) is 12.1 Å². The zero-order valence-electron chi connectivity index (χ0n) is 9.49. The van der Waals surface area contributed by atoms with Crippen molar-refractivity contribution in [3.05, 3.63) is 0 Å². The van der Waals surface area contributed by atoms with Gasteiger partial charge in [-0.2, -0.15) is 5.26 Å². The van der Waals surface area contributed by atoms with Crippen LogP contribution in [0, 0.1) is 10.7 Å². The van der Waals surface area contributed by atoms with Crippen LogP contribution >= 0.6 is 11.8 Å². The van der Waals surface area contributed by atoms with Gasteiger partial charge in [0.15, 0.2) is 0 Å². The number of rotatable bonds is 8. The minimum Gasteiger partial charge on any atom is -0.462 e. The third-order valence-corrected chi connectivity index (χ3v) is 2.71. The van der Waals surface area contributed by atoms with Crippen LogP contribution in [0.2, 0.25) is 0 Å². The highest BCUT2D eigenvalue weighted by atomic mass is 32.2. The molecule has 4 heteroatoms. The third-order valence-electron chi connectivity index (χ3n) is 2.05. The molecule has 0 radical (unpaired) electrons. The molecule has 1 unspecified atom stereocenters. The van der Waals surface area contributed by atoms with Crippen molar-refractivity contribution in [3.63, 3.8) is 0 Å². The van der Waals surface area contributed by atoms with Gasteiger partial charge in [-0.05, 0) is 24.6 Å². The monoisotopic (exact) mass is 229 g/mol. The van der Waals surface area contributed by atoms with Crippen LogP contribution in [0.4, 0.5) is 0 Å². The van der Waals surface area contributed by atoms with Crippen molar-refractivity contribution in [2.75, 3.05) is 5.75 Å². The Balaban J connectivity index is 3.70. The zero-order chi connectivity index (χ0) is 11.5. The molecule has 0 spiro atoms. The predicted molar refractivity (Wildman–Crippen MR) is 62.4 cm³/mol. The molecular formula is C11H19NO2S. The average Bonchev–Trinajstić information content (AvgIpc) is 2.19. The Kier molecular flexibility index (Phi) is 9.40. The van der Waals surface area contributed by atoms with Gasteiger partial charge >= 0.3 is 5.97 Å². The Bertz CT molecular complexity index is 213. The summed E-state index contributed by atoms with van der Waals surface area (Å²) in [4.78, 5) is 10.8. The van der Waals surface area contributed by atoms with Gasteiger partial charge in [0.2, 0.25) is 0 Å². The summed E-state index contributed by atoms with van der Waals surface area (Å²) in [5, 5.41) is 10.4. The van der Waals surface area contributed by atoms with Gasteiger partial charge in [-0.15, -0.1) is 0 Å². The van der Waals surface area contributed by atoms with E-state index in [1.54, 1.807) is 0 Å². The van der Waals surface area contributed by atoms with Gasteiger partial charge in [-0.1, -0.05) is 26.2 Å². The molecule has 0 aromatic carbocycles. The maximum absolute atomic E-state index is 10.8. The first kappa shape index (κ1) is 14.3. The topological polar surface area (TPSA) is 50.1 Å². The molecule has 1 atom stereocenters. The van der Waals surface area contributed by atoms with E-state index >= 15 is 0 Å². The van der Waals surface area contributed by atoms with Crippen molar-refractivity contribution in [1.29, 1.82) is 5.26 Å². The molecule has 0 saturated heterocycles. The Labute approximate surface area is 96.2 Å². The highest BCUT2D eigenvalue weighted by molar-refractivity contribution is 8.03. The molecule has 0 aliphatic heterocycles. The number of carbonyl (C=O) groups is 1. The van der Waals surface area contributed by atoms with E-state index in [2.05, 4.69) is 6.92 Å². The second-order valence-corrected chi connectivity index (χ2v) is 4.29. The maximum atomic E-state index is 10.8. The lowest BCUT2D eigenvalue weighted by atomic mass is 10.1. The number of carbonyl (C=O) groups excluding carboxylic acids is 1. The number of nitriles is 1. The molecule has 0 heterocycles. The molecular weight excluding hydrogens is 210 g/mol. The van der Waals surface area contributed by atoms with Gasteiger partial charge in [0.25, 0.3) is 0 Å². The van der Waals surface area contributed by atoms with Gasteiger partial charge in [-0.25, -0.2) is 0 Å². The summed E-state index contributed by atoms with van der Waals surface area (Å²) in [6.07, 6.45) is 5.44. The fraction of sp³-hybridized carbons (Fsp3) is 0.818. The molecule has 0 fully saturated rings. The summed E-state index contributed by atoms with van der Waals surface area (Å²) in [6.45, 7) is 3.57. The van der Waals surface area contributed by atoms with Gasteiger partial charge in [0, 0.05) is 12.7 Å². The fourth-order valence-electron chi connectivity index (χ4n) is 1.34. The quantitative estimate of drug-likeness (QED) is 0.364. The van der Waals surface area contributed by atoms with Crippen LogP contribution in [0.3, 0.4) is 0 Å². The van der Waals surface area contributed by atoms with Gasteiger partial charge in [0.1, 0.15) is 11.5 Å². The standard InChI is InChI=1S/C11H19NO2S/c1-3-4-5-6-7-11(8-15-9-12)14-10(2)13/h11H,3-8H2,1-2H3. The van der Waals surface area contributed by atoms with Crippen molar-refractivity contribution in [2.24, 2.45) is 0 Å². The third kappa shape index (κ3) is 9.61. The van der Waals surface area contributed by atoms with Gasteiger partial charge in [-0.3, -0.25) is 4.79 Å². The second kappa shape index (κ2) is 9.85. The minimum absolute atomic E-state index is 0.0935. The van der Waals surface area contributed by atoms with Crippen LogP contribution in [0.15, 0.2) is 0 Å². The smallest absolute Gasteiger partial charge is 0.302 e. The summed E-state index contributed by atoms with van der Waals surface area (Å²) in [5.74, 6) is 0.330. The molecule has 0 aliphatic carbocycles. The number of esters is 1. The Morgan fingerprint density at radius 2 is 2.20 bits per heavy atom. The largest absolute Gasteiger partial charge is 0.462 e. The molecule has 3 nitrogen and oxygen atoms in total. The van der Waals surface area contributed by atoms with E-state index in [0.29, 0.717) is 5.75 Å². The lowest BCUT2D eigenvalue weighted by Crippen LogP contribution is -2.18. The summed E-state index contributed by atoms with van der Waals surface area (Å²) in [5.41, 5.74) is 0. The summed E-state index contributed by atoms with van der Waals surface area (Å²) in [7, 11) is 0. The molecule has 86 valence electrons. The Morgan fingerprint density at radius 3 is 2.73 bits per heavy atom. The summed E-state index contributed by atoms with van der Waals surface area (Å²) < 4.78 is 5.12.